The van der Waals surface area contributed by atoms with Crippen LogP contribution >= 0.6 is 0 Å². The second-order valence-electron chi connectivity index (χ2n) is 6.81. The molecule has 1 atom stereocenters. The van der Waals surface area contributed by atoms with Crippen molar-refractivity contribution < 1.29 is 9.90 Å². The van der Waals surface area contributed by atoms with E-state index in [4.69, 9.17) is 0 Å². The van der Waals surface area contributed by atoms with E-state index in [1.54, 1.807) is 17.9 Å². The van der Waals surface area contributed by atoms with Crippen molar-refractivity contribution in [2.45, 2.75) is 45.3 Å². The number of hydrogen-bond acceptors (Lipinski definition) is 5. The van der Waals surface area contributed by atoms with Crippen molar-refractivity contribution in [1.82, 2.24) is 20.1 Å². The summed E-state index contributed by atoms with van der Waals surface area (Å²) < 4.78 is 1.63. The average Bonchev–Trinajstić information content (AvgIpc) is 3.01. The molecule has 7 nitrogen and oxygen atoms in total. The van der Waals surface area contributed by atoms with Gasteiger partial charge in [0, 0.05) is 38.4 Å². The fourth-order valence-corrected chi connectivity index (χ4v) is 3.38. The summed E-state index contributed by atoms with van der Waals surface area (Å²) in [7, 11) is 1.79. The van der Waals surface area contributed by atoms with E-state index in [2.05, 4.69) is 27.2 Å². The standard InChI is InChI=1S/C19H27N5O2/c1-3-6-15-11-17(23(2)22-15)19(26)21-12-14-7-4-9-20-18(14)24-10-5-8-16(25)13-24/h4,7,9,11,16,25H,3,5-6,8,10,12-13H2,1-2H3,(H,21,26). The molecule has 2 aromatic heterocycles. The minimum atomic E-state index is -0.320. The fourth-order valence-electron chi connectivity index (χ4n) is 3.38. The zero-order valence-electron chi connectivity index (χ0n) is 15.5. The number of nitrogens with one attached hydrogen (secondary N) is 1. The Labute approximate surface area is 154 Å². The van der Waals surface area contributed by atoms with Gasteiger partial charge in [0.2, 0.25) is 0 Å². The highest BCUT2D eigenvalue weighted by Crippen LogP contribution is 2.22. The molecule has 1 aliphatic heterocycles. The lowest BCUT2D eigenvalue weighted by atomic mass is 10.1. The molecular formula is C19H27N5O2. The Hall–Kier alpha value is -2.41. The number of piperidine rings is 1. The lowest BCUT2D eigenvalue weighted by Crippen LogP contribution is -2.39. The summed E-state index contributed by atoms with van der Waals surface area (Å²) in [5.74, 6) is 0.694. The number of pyridine rings is 1. The van der Waals surface area contributed by atoms with Crippen LogP contribution in [0, 0.1) is 0 Å². The normalized spacial score (nSPS) is 17.3. The van der Waals surface area contributed by atoms with Gasteiger partial charge in [-0.2, -0.15) is 5.10 Å². The highest BCUT2D eigenvalue weighted by molar-refractivity contribution is 5.92. The lowest BCUT2D eigenvalue weighted by molar-refractivity contribution is 0.0941. The maximum atomic E-state index is 12.6. The summed E-state index contributed by atoms with van der Waals surface area (Å²) >= 11 is 0. The average molecular weight is 357 g/mol. The number of aryl methyl sites for hydroxylation is 2. The van der Waals surface area contributed by atoms with E-state index in [0.717, 1.165) is 49.3 Å². The van der Waals surface area contributed by atoms with Crippen molar-refractivity contribution >= 4 is 11.7 Å². The summed E-state index contributed by atoms with van der Waals surface area (Å²) in [6.07, 6.45) is 5.07. The molecule has 0 saturated carbocycles. The molecule has 1 amide bonds. The number of aromatic nitrogens is 3. The van der Waals surface area contributed by atoms with E-state index in [1.165, 1.54) is 0 Å². The van der Waals surface area contributed by atoms with Gasteiger partial charge in [-0.25, -0.2) is 4.98 Å². The molecule has 0 spiro atoms. The highest BCUT2D eigenvalue weighted by Gasteiger charge is 2.21. The van der Waals surface area contributed by atoms with Gasteiger partial charge in [-0.05, 0) is 31.4 Å². The van der Waals surface area contributed by atoms with Crippen molar-refractivity contribution in [3.63, 3.8) is 0 Å². The summed E-state index contributed by atoms with van der Waals surface area (Å²) in [5, 5.41) is 17.3. The van der Waals surface area contributed by atoms with Crippen LogP contribution in [0.4, 0.5) is 5.82 Å². The van der Waals surface area contributed by atoms with Crippen LogP contribution in [0.5, 0.6) is 0 Å². The topological polar surface area (TPSA) is 83.3 Å². The summed E-state index contributed by atoms with van der Waals surface area (Å²) in [6, 6.07) is 5.69. The van der Waals surface area contributed by atoms with Crippen LogP contribution in [0.1, 0.15) is 47.9 Å². The van der Waals surface area contributed by atoms with E-state index < -0.39 is 0 Å². The number of carbonyl (C=O) groups is 1. The zero-order valence-corrected chi connectivity index (χ0v) is 15.5. The molecule has 2 N–H and O–H groups in total. The predicted molar refractivity (Wildman–Crippen MR) is 100 cm³/mol. The monoisotopic (exact) mass is 357 g/mol. The third-order valence-electron chi connectivity index (χ3n) is 4.67. The Morgan fingerprint density at radius 2 is 2.31 bits per heavy atom. The van der Waals surface area contributed by atoms with Crippen LogP contribution in [0.2, 0.25) is 0 Å². The van der Waals surface area contributed by atoms with Gasteiger partial charge in [0.1, 0.15) is 11.5 Å². The van der Waals surface area contributed by atoms with Gasteiger partial charge in [0.05, 0.1) is 11.8 Å². The first-order chi connectivity index (χ1) is 12.6. The van der Waals surface area contributed by atoms with Gasteiger partial charge < -0.3 is 15.3 Å². The van der Waals surface area contributed by atoms with Crippen molar-refractivity contribution in [3.05, 3.63) is 41.3 Å². The molecule has 0 aliphatic carbocycles. The van der Waals surface area contributed by atoms with Crippen LogP contribution in [-0.4, -0.2) is 45.0 Å². The second kappa shape index (κ2) is 8.31. The van der Waals surface area contributed by atoms with Gasteiger partial charge in [0.25, 0.3) is 5.91 Å². The van der Waals surface area contributed by atoms with Crippen molar-refractivity contribution in [2.75, 3.05) is 18.0 Å². The molecule has 0 radical (unpaired) electrons. The molecular weight excluding hydrogens is 330 g/mol. The first-order valence-electron chi connectivity index (χ1n) is 9.26. The Morgan fingerprint density at radius 3 is 3.08 bits per heavy atom. The van der Waals surface area contributed by atoms with Crippen LogP contribution in [0.15, 0.2) is 24.4 Å². The number of β-amino-alcohol motifs (C(OH)–C–C–N with tert-alkyl or cyclic N) is 1. The minimum absolute atomic E-state index is 0.143. The Bertz CT molecular complexity index is 758. The lowest BCUT2D eigenvalue weighted by Gasteiger charge is -2.32. The number of carbonyl (C=O) groups excluding carboxylic acids is 1. The van der Waals surface area contributed by atoms with Crippen LogP contribution in [0.25, 0.3) is 0 Å². The molecule has 1 fully saturated rings. The summed E-state index contributed by atoms with van der Waals surface area (Å²) in [5.41, 5.74) is 2.45. The summed E-state index contributed by atoms with van der Waals surface area (Å²) in [6.45, 7) is 3.94. The predicted octanol–water partition coefficient (Wildman–Crippen LogP) is 1.66. The molecule has 1 saturated heterocycles. The molecule has 3 rings (SSSR count). The van der Waals surface area contributed by atoms with Crippen LogP contribution < -0.4 is 10.2 Å². The van der Waals surface area contributed by atoms with E-state index in [1.807, 2.05) is 18.2 Å². The van der Waals surface area contributed by atoms with E-state index in [-0.39, 0.29) is 12.0 Å². The first kappa shape index (κ1) is 18.4. The van der Waals surface area contributed by atoms with E-state index >= 15 is 0 Å². The SMILES string of the molecule is CCCc1cc(C(=O)NCc2cccnc2N2CCCC(O)C2)n(C)n1. The number of nitrogens with zero attached hydrogens (tertiary/aromatic N) is 4. The number of anilines is 1. The molecule has 0 aromatic carbocycles. The third kappa shape index (κ3) is 4.22. The Kier molecular flexibility index (Phi) is 5.88. The van der Waals surface area contributed by atoms with Crippen molar-refractivity contribution in [1.29, 1.82) is 0 Å². The van der Waals surface area contributed by atoms with Gasteiger partial charge in [0.15, 0.2) is 0 Å². The largest absolute Gasteiger partial charge is 0.391 e. The molecule has 140 valence electrons. The van der Waals surface area contributed by atoms with Gasteiger partial charge in [-0.1, -0.05) is 19.4 Å². The fraction of sp³-hybridized carbons (Fsp3) is 0.526. The zero-order chi connectivity index (χ0) is 18.5. The number of aliphatic hydroxyl groups is 1. The highest BCUT2D eigenvalue weighted by atomic mass is 16.3. The minimum Gasteiger partial charge on any atom is -0.391 e. The van der Waals surface area contributed by atoms with Crippen molar-refractivity contribution in [3.8, 4) is 0 Å². The van der Waals surface area contributed by atoms with E-state index in [9.17, 15) is 9.90 Å². The van der Waals surface area contributed by atoms with E-state index in [0.29, 0.717) is 18.8 Å². The van der Waals surface area contributed by atoms with Gasteiger partial charge >= 0.3 is 0 Å². The third-order valence-corrected chi connectivity index (χ3v) is 4.67. The summed E-state index contributed by atoms with van der Waals surface area (Å²) in [4.78, 5) is 19.1. The number of amides is 1. The number of hydrogen-bond donors (Lipinski definition) is 2. The molecule has 0 bridgehead atoms. The molecule has 2 aromatic rings. The molecule has 26 heavy (non-hydrogen) atoms. The van der Waals surface area contributed by atoms with Crippen LogP contribution in [0.3, 0.4) is 0 Å². The first-order valence-corrected chi connectivity index (χ1v) is 9.26. The Morgan fingerprint density at radius 1 is 1.46 bits per heavy atom. The smallest absolute Gasteiger partial charge is 0.269 e. The molecule has 1 unspecified atom stereocenters. The van der Waals surface area contributed by atoms with Gasteiger partial charge in [-0.3, -0.25) is 9.48 Å². The van der Waals surface area contributed by atoms with Gasteiger partial charge in [-0.15, -0.1) is 0 Å². The molecule has 3 heterocycles. The quantitative estimate of drug-likeness (QED) is 0.821. The number of rotatable bonds is 6. The second-order valence-corrected chi connectivity index (χ2v) is 6.81. The van der Waals surface area contributed by atoms with Crippen LogP contribution in [-0.2, 0) is 20.0 Å². The Balaban J connectivity index is 1.69. The molecule has 7 heteroatoms. The number of aliphatic hydroxyl groups excluding tert-OH is 1. The maximum Gasteiger partial charge on any atom is 0.269 e. The van der Waals surface area contributed by atoms with Crippen molar-refractivity contribution in [2.24, 2.45) is 7.05 Å². The molecule has 1 aliphatic rings. The maximum absolute atomic E-state index is 12.6.